The summed E-state index contributed by atoms with van der Waals surface area (Å²) in [7, 11) is 0. The molecule has 0 radical (unpaired) electrons. The first-order valence-electron chi connectivity index (χ1n) is 8.80. The fraction of sp³-hybridized carbons (Fsp3) is 0.647. The lowest BCUT2D eigenvalue weighted by atomic mass is 10.3. The third-order valence-electron chi connectivity index (χ3n) is 4.18. The smallest absolute Gasteiger partial charge is 0.219 e. The summed E-state index contributed by atoms with van der Waals surface area (Å²) < 4.78 is 2.14. The number of amides is 1. The molecule has 7 heteroatoms. The van der Waals surface area contributed by atoms with Crippen LogP contribution in [0.4, 0.5) is 0 Å². The van der Waals surface area contributed by atoms with Crippen LogP contribution in [0.2, 0.25) is 0 Å². The van der Waals surface area contributed by atoms with Crippen molar-refractivity contribution in [3.8, 4) is 0 Å². The molecule has 2 rings (SSSR count). The van der Waals surface area contributed by atoms with Crippen LogP contribution in [0.25, 0.3) is 0 Å². The van der Waals surface area contributed by atoms with Gasteiger partial charge in [-0.1, -0.05) is 0 Å². The van der Waals surface area contributed by atoms with Gasteiger partial charge >= 0.3 is 0 Å². The molecule has 2 N–H and O–H groups in total. The number of rotatable bonds is 7. The van der Waals surface area contributed by atoms with Crippen LogP contribution in [-0.4, -0.2) is 78.6 Å². The van der Waals surface area contributed by atoms with Gasteiger partial charge in [-0.3, -0.25) is 14.7 Å². The number of carbonyl (C=O) groups is 1. The number of aromatic nitrogens is 1. The fourth-order valence-electron chi connectivity index (χ4n) is 2.75. The zero-order valence-corrected chi connectivity index (χ0v) is 14.9. The van der Waals surface area contributed by atoms with Gasteiger partial charge in [-0.25, -0.2) is 0 Å². The van der Waals surface area contributed by atoms with Crippen LogP contribution in [0.15, 0.2) is 29.5 Å². The molecule has 0 atom stereocenters. The van der Waals surface area contributed by atoms with Gasteiger partial charge in [0.15, 0.2) is 5.96 Å². The summed E-state index contributed by atoms with van der Waals surface area (Å²) in [6.45, 7) is 11.6. The van der Waals surface area contributed by atoms with E-state index < -0.39 is 0 Å². The van der Waals surface area contributed by atoms with Crippen LogP contribution in [0, 0.1) is 0 Å². The van der Waals surface area contributed by atoms with Crippen molar-refractivity contribution in [1.82, 2.24) is 25.0 Å². The van der Waals surface area contributed by atoms with Crippen molar-refractivity contribution in [3.05, 3.63) is 24.5 Å². The molecule has 1 amide bonds. The Labute approximate surface area is 144 Å². The van der Waals surface area contributed by atoms with Crippen LogP contribution in [0.5, 0.6) is 0 Å². The number of hydrogen-bond acceptors (Lipinski definition) is 3. The Bertz CT molecular complexity index is 505. The van der Waals surface area contributed by atoms with Gasteiger partial charge in [0, 0.05) is 71.7 Å². The van der Waals surface area contributed by atoms with Gasteiger partial charge in [-0.05, 0) is 19.1 Å². The maximum atomic E-state index is 11.3. The Morgan fingerprint density at radius 3 is 2.42 bits per heavy atom. The molecule has 0 bridgehead atoms. The molecule has 24 heavy (non-hydrogen) atoms. The Balaban J connectivity index is 1.67. The number of piperazine rings is 1. The van der Waals surface area contributed by atoms with E-state index >= 15 is 0 Å². The van der Waals surface area contributed by atoms with Crippen molar-refractivity contribution >= 4 is 11.9 Å². The average Bonchev–Trinajstić information content (AvgIpc) is 3.09. The molecule has 7 nitrogen and oxygen atoms in total. The monoisotopic (exact) mass is 334 g/mol. The predicted molar refractivity (Wildman–Crippen MR) is 97.1 cm³/mol. The highest BCUT2D eigenvalue weighted by Crippen LogP contribution is 2.01. The van der Waals surface area contributed by atoms with Crippen molar-refractivity contribution in [2.24, 2.45) is 4.99 Å². The molecule has 1 aromatic rings. The van der Waals surface area contributed by atoms with Crippen LogP contribution in [0.3, 0.4) is 0 Å². The zero-order chi connectivity index (χ0) is 17.2. The molecular weight excluding hydrogens is 304 g/mol. The molecule has 1 aromatic heterocycles. The highest BCUT2D eigenvalue weighted by atomic mass is 16.2. The summed E-state index contributed by atoms with van der Waals surface area (Å²) in [6, 6.07) is 4.07. The molecule has 1 aliphatic heterocycles. The highest BCUT2D eigenvalue weighted by Gasteiger charge is 2.17. The second kappa shape index (κ2) is 9.97. The third-order valence-corrected chi connectivity index (χ3v) is 4.18. The minimum atomic E-state index is 0.175. The molecule has 2 heterocycles. The Hall–Kier alpha value is -2.02. The molecule has 1 saturated heterocycles. The van der Waals surface area contributed by atoms with Crippen molar-refractivity contribution < 1.29 is 4.79 Å². The first-order valence-corrected chi connectivity index (χ1v) is 8.80. The summed E-state index contributed by atoms with van der Waals surface area (Å²) in [4.78, 5) is 20.3. The molecule has 134 valence electrons. The molecule has 0 saturated carbocycles. The van der Waals surface area contributed by atoms with E-state index in [-0.39, 0.29) is 5.91 Å². The second-order valence-electron chi connectivity index (χ2n) is 5.96. The van der Waals surface area contributed by atoms with Crippen molar-refractivity contribution in [2.75, 3.05) is 52.4 Å². The van der Waals surface area contributed by atoms with E-state index in [0.29, 0.717) is 0 Å². The van der Waals surface area contributed by atoms with Crippen molar-refractivity contribution in [3.63, 3.8) is 0 Å². The third kappa shape index (κ3) is 6.23. The largest absolute Gasteiger partial charge is 0.357 e. The van der Waals surface area contributed by atoms with E-state index in [0.717, 1.165) is 64.9 Å². The van der Waals surface area contributed by atoms with E-state index in [9.17, 15) is 4.79 Å². The molecular formula is C17H30N6O. The Kier molecular flexibility index (Phi) is 7.61. The van der Waals surface area contributed by atoms with Gasteiger partial charge in [0.25, 0.3) is 0 Å². The minimum absolute atomic E-state index is 0.175. The van der Waals surface area contributed by atoms with E-state index in [2.05, 4.69) is 44.4 Å². The Morgan fingerprint density at radius 2 is 1.79 bits per heavy atom. The van der Waals surface area contributed by atoms with Crippen molar-refractivity contribution in [2.45, 2.75) is 20.4 Å². The van der Waals surface area contributed by atoms with E-state index in [1.165, 1.54) is 0 Å². The van der Waals surface area contributed by atoms with Gasteiger partial charge in [-0.2, -0.15) is 0 Å². The number of hydrogen-bond donors (Lipinski definition) is 2. The minimum Gasteiger partial charge on any atom is -0.357 e. The van der Waals surface area contributed by atoms with Crippen LogP contribution < -0.4 is 10.6 Å². The van der Waals surface area contributed by atoms with E-state index in [4.69, 9.17) is 0 Å². The van der Waals surface area contributed by atoms with Crippen LogP contribution >= 0.6 is 0 Å². The molecule has 0 spiro atoms. The van der Waals surface area contributed by atoms with E-state index in [1.54, 1.807) is 6.92 Å². The molecule has 1 fully saturated rings. The second-order valence-corrected chi connectivity index (χ2v) is 5.96. The number of carbonyl (C=O) groups excluding carboxylic acids is 1. The van der Waals surface area contributed by atoms with E-state index in [1.807, 2.05) is 17.0 Å². The normalized spacial score (nSPS) is 16.2. The number of nitrogens with one attached hydrogen (secondary N) is 2. The van der Waals surface area contributed by atoms with Gasteiger partial charge in [0.1, 0.15) is 0 Å². The summed E-state index contributed by atoms with van der Waals surface area (Å²) in [5.74, 6) is 1.04. The lowest BCUT2D eigenvalue weighted by Crippen LogP contribution is -2.48. The predicted octanol–water partition coefficient (Wildman–Crippen LogP) is 0.207. The fourth-order valence-corrected chi connectivity index (χ4v) is 2.75. The lowest BCUT2D eigenvalue weighted by molar-refractivity contribution is -0.130. The maximum absolute atomic E-state index is 11.3. The topological polar surface area (TPSA) is 64.9 Å². The molecule has 0 unspecified atom stereocenters. The zero-order valence-electron chi connectivity index (χ0n) is 14.9. The summed E-state index contributed by atoms with van der Waals surface area (Å²) in [5.41, 5.74) is 0. The maximum Gasteiger partial charge on any atom is 0.219 e. The first-order chi connectivity index (χ1) is 11.7. The number of guanidine groups is 1. The highest BCUT2D eigenvalue weighted by molar-refractivity contribution is 5.79. The first kappa shape index (κ1) is 18.3. The summed E-state index contributed by atoms with van der Waals surface area (Å²) in [6.07, 6.45) is 4.12. The molecule has 0 aliphatic carbocycles. The van der Waals surface area contributed by atoms with Gasteiger partial charge < -0.3 is 20.1 Å². The SMILES string of the molecule is CCNC(=NCCN1CCN(C(C)=O)CC1)NCCn1cccc1. The Morgan fingerprint density at radius 1 is 1.08 bits per heavy atom. The summed E-state index contributed by atoms with van der Waals surface area (Å²) >= 11 is 0. The van der Waals surface area contributed by atoms with Crippen LogP contribution in [0.1, 0.15) is 13.8 Å². The summed E-state index contributed by atoms with van der Waals surface area (Å²) in [5, 5.41) is 6.65. The quantitative estimate of drug-likeness (QED) is 0.553. The van der Waals surface area contributed by atoms with Gasteiger partial charge in [0.05, 0.1) is 6.54 Å². The van der Waals surface area contributed by atoms with Crippen molar-refractivity contribution in [1.29, 1.82) is 0 Å². The number of aliphatic imine (C=N–C) groups is 1. The standard InChI is InChI=1S/C17H30N6O/c1-3-18-17(19-6-10-21-8-4-5-9-21)20-7-11-22-12-14-23(15-13-22)16(2)24/h4-5,8-9H,3,6-7,10-15H2,1-2H3,(H2,18,19,20). The number of nitrogens with zero attached hydrogens (tertiary/aromatic N) is 4. The lowest BCUT2D eigenvalue weighted by Gasteiger charge is -2.33. The average molecular weight is 334 g/mol. The molecule has 0 aromatic carbocycles. The van der Waals surface area contributed by atoms with Crippen LogP contribution in [-0.2, 0) is 11.3 Å². The van der Waals surface area contributed by atoms with Gasteiger partial charge in [-0.15, -0.1) is 0 Å². The van der Waals surface area contributed by atoms with Gasteiger partial charge in [0.2, 0.25) is 5.91 Å². The molecule has 1 aliphatic rings.